The van der Waals surface area contributed by atoms with Gasteiger partial charge in [0.1, 0.15) is 18.2 Å². The van der Waals surface area contributed by atoms with Gasteiger partial charge in [0, 0.05) is 73.1 Å². The van der Waals surface area contributed by atoms with Crippen LogP contribution >= 0.6 is 0 Å². The fourth-order valence-electron chi connectivity index (χ4n) is 12.2. The first-order chi connectivity index (χ1) is 55.7. The Hall–Kier alpha value is -12.5. The van der Waals surface area contributed by atoms with E-state index in [0.717, 1.165) is 96.2 Å². The van der Waals surface area contributed by atoms with Crippen molar-refractivity contribution in [3.8, 4) is 50.8 Å². The summed E-state index contributed by atoms with van der Waals surface area (Å²) in [6, 6.07) is 63.7. The highest BCUT2D eigenvalue weighted by molar-refractivity contribution is 7.90. The van der Waals surface area contributed by atoms with Gasteiger partial charge in [0.05, 0.1) is 72.5 Å². The number of carbonyl (C=O) groups excluding carboxylic acids is 5. The van der Waals surface area contributed by atoms with E-state index in [0.29, 0.717) is 54.9 Å². The molecule has 3 aromatic heterocycles. The number of alkyl halides is 1. The predicted molar refractivity (Wildman–Crippen MR) is 445 cm³/mol. The Labute approximate surface area is 680 Å². The van der Waals surface area contributed by atoms with Crippen LogP contribution in [-0.4, -0.2) is 114 Å². The fraction of sp³-hybridized carbons (Fsp3) is 0.264. The summed E-state index contributed by atoms with van der Waals surface area (Å²) in [5.74, 6) is -2.50. The van der Waals surface area contributed by atoms with Crippen molar-refractivity contribution in [2.45, 2.75) is 153 Å². The van der Waals surface area contributed by atoms with Crippen molar-refractivity contribution >= 4 is 70.8 Å². The molecule has 30 heteroatoms. The van der Waals surface area contributed by atoms with Crippen LogP contribution in [-0.2, 0) is 84.6 Å². The molecule has 0 radical (unpaired) electrons. The first-order valence-corrected chi connectivity index (χ1v) is 42.2. The van der Waals surface area contributed by atoms with Crippen molar-refractivity contribution in [1.29, 1.82) is 10.8 Å². The summed E-state index contributed by atoms with van der Waals surface area (Å²) in [5, 5.41) is 37.8. The first-order valence-electron chi connectivity index (χ1n) is 37.7. The number of hydrogen-bond acceptors (Lipinski definition) is 19. The Kier molecular flexibility index (Phi) is 31.1. The highest BCUT2D eigenvalue weighted by atomic mass is 32.2. The number of ketones is 2. The molecule has 0 saturated heterocycles. The summed E-state index contributed by atoms with van der Waals surface area (Å²) in [6.45, 7) is 12.4. The lowest BCUT2D eigenvalue weighted by Gasteiger charge is -2.10. The zero-order chi connectivity index (χ0) is 84.6. The lowest BCUT2D eigenvalue weighted by atomic mass is 10.0. The summed E-state index contributed by atoms with van der Waals surface area (Å²) in [7, 11) is -12.3. The molecule has 3 heterocycles. The number of aryl methyl sites for hydroxylation is 10. The van der Waals surface area contributed by atoms with Gasteiger partial charge in [0.2, 0.25) is 17.7 Å². The van der Waals surface area contributed by atoms with Gasteiger partial charge in [-0.25, -0.2) is 57.9 Å². The van der Waals surface area contributed by atoms with Gasteiger partial charge in [-0.05, 0) is 207 Å². The van der Waals surface area contributed by atoms with Gasteiger partial charge in [0.15, 0.2) is 0 Å². The Balaban J connectivity index is 0.000000203. The van der Waals surface area contributed by atoms with Crippen LogP contribution in [0.25, 0.3) is 50.8 Å². The molecule has 117 heavy (non-hydrogen) atoms. The normalized spacial score (nSPS) is 11.3. The number of sulfonamides is 3. The minimum atomic E-state index is -4.12. The summed E-state index contributed by atoms with van der Waals surface area (Å²) < 4.78 is 100. The smallest absolute Gasteiger partial charge is 0.294 e. The van der Waals surface area contributed by atoms with E-state index in [1.165, 1.54) is 36.4 Å². The molecule has 0 aliphatic heterocycles. The second kappa shape index (κ2) is 41.2. The molecule has 0 spiro atoms. The summed E-state index contributed by atoms with van der Waals surface area (Å²) in [4.78, 5) is 75.5. The summed E-state index contributed by atoms with van der Waals surface area (Å²) >= 11 is 0. The maximum Gasteiger partial charge on any atom is 0.294 e. The zero-order valence-electron chi connectivity index (χ0n) is 66.0. The number of hydrogen-bond donors (Lipinski definition) is 5. The molecule has 0 bridgehead atoms. The van der Waals surface area contributed by atoms with Gasteiger partial charge >= 0.3 is 0 Å². The van der Waals surface area contributed by atoms with Crippen molar-refractivity contribution in [3.63, 3.8) is 0 Å². The number of benzene rings is 8. The fourth-order valence-corrected chi connectivity index (χ4v) is 15.3. The van der Waals surface area contributed by atoms with Crippen molar-refractivity contribution < 1.29 is 63.5 Å². The second-order valence-electron chi connectivity index (χ2n) is 28.3. The molecule has 0 aliphatic carbocycles. The van der Waals surface area contributed by atoms with E-state index in [4.69, 9.17) is 10.8 Å². The Morgan fingerprint density at radius 3 is 1.01 bits per heavy atom. The number of nitrogens with one attached hydrogen (secondary N) is 5. The first kappa shape index (κ1) is 88.4. The van der Waals surface area contributed by atoms with Gasteiger partial charge in [-0.15, -0.1) is 10.1 Å². The SMILES string of the molecule is CC(=N)CCc1cccc(CCC(=O)CCC(=O)NS(=O)(=O)c2ccc(-n3nc(C)cc3-c3ccc(C)cc3)cc2)c1.Cc1ccc(-c2cc(C)nn2-c2ccc(S(=O)(=O)NC(=O)CCC(=O)CCc3cccc(CCC(=N)CF)c3)cc2)cc1.Cc1ccc(-c2cc(C)nn2-c2ccc(S(=O)(=O)NC(=O)CCCO[N+](=O)[O-])cc2)cc1. The third-order valence-electron chi connectivity index (χ3n) is 18.5. The molecule has 0 fully saturated rings. The number of halogens is 1. The summed E-state index contributed by atoms with van der Waals surface area (Å²) in [6.07, 6.45) is 3.12. The van der Waals surface area contributed by atoms with Crippen LogP contribution in [0.5, 0.6) is 0 Å². The third-order valence-corrected chi connectivity index (χ3v) is 22.7. The van der Waals surface area contributed by atoms with Crippen LogP contribution in [0.1, 0.15) is 127 Å². The molecule has 0 aliphatic rings. The predicted octanol–water partition coefficient (Wildman–Crippen LogP) is 14.7. The number of rotatable bonds is 36. The molecule has 26 nitrogen and oxygen atoms in total. The average molecular weight is 1650 g/mol. The third kappa shape index (κ3) is 26.8. The lowest BCUT2D eigenvalue weighted by Crippen LogP contribution is -2.30. The van der Waals surface area contributed by atoms with E-state index < -0.39 is 59.6 Å². The minimum Gasteiger partial charge on any atom is -0.314 e. The molecule has 0 unspecified atom stereocenters. The second-order valence-corrected chi connectivity index (χ2v) is 33.4. The Morgan fingerprint density at radius 2 is 0.709 bits per heavy atom. The largest absolute Gasteiger partial charge is 0.314 e. The van der Waals surface area contributed by atoms with Crippen molar-refractivity contribution in [3.05, 3.63) is 278 Å². The molecule has 3 amide bonds. The maximum atomic E-state index is 12.8. The van der Waals surface area contributed by atoms with Crippen molar-refractivity contribution in [2.24, 2.45) is 0 Å². The van der Waals surface area contributed by atoms with Gasteiger partial charge in [0.25, 0.3) is 35.2 Å². The highest BCUT2D eigenvalue weighted by Gasteiger charge is 2.24. The van der Waals surface area contributed by atoms with Crippen LogP contribution < -0.4 is 14.2 Å². The van der Waals surface area contributed by atoms with E-state index in [1.807, 2.05) is 186 Å². The van der Waals surface area contributed by atoms with Crippen LogP contribution in [0, 0.1) is 62.5 Å². The maximum absolute atomic E-state index is 12.8. The monoisotopic (exact) mass is 1640 g/mol. The molecule has 8 aromatic carbocycles. The zero-order valence-corrected chi connectivity index (χ0v) is 68.4. The molecular weight excluding hydrogens is 1550 g/mol. The molecule has 11 rings (SSSR count). The Morgan fingerprint density at radius 1 is 0.410 bits per heavy atom. The van der Waals surface area contributed by atoms with Crippen LogP contribution in [0.4, 0.5) is 4.39 Å². The van der Waals surface area contributed by atoms with E-state index in [9.17, 15) is 63.7 Å². The molecule has 610 valence electrons. The average Bonchev–Trinajstić information content (AvgIpc) is 1.72. The summed E-state index contributed by atoms with van der Waals surface area (Å²) in [5.41, 5.74) is 18.2. The quantitative estimate of drug-likeness (QED) is 0.0105. The molecule has 5 N–H and O–H groups in total. The van der Waals surface area contributed by atoms with E-state index in [1.54, 1.807) is 57.4 Å². The standard InChI is InChI=1S/C33H35FN4O4S.C33H36N4O4S.C21H22N4O6S/c1-23-6-10-27(11-7-23)32-20-24(2)36-38(32)29-13-17-31(18-14-29)43(41,42)37-33(40)19-16-30(39)15-9-26-5-3-4-25(21-26)8-12-28(35)22-34;1-23-7-12-28(13-8-23)32-21-25(3)35-37(32)29-14-18-31(19-15-29)42(40,41)36-33(39)20-17-30(38)16-11-27-6-4-5-26(22-27)10-9-24(2)34;1-15-5-7-17(8-6-15)20-14-16(2)22-24(20)18-9-11-19(12-10-18)32(29,30)23-21(26)4-3-13-31-25(27)28/h3-7,10-11,13-14,17-18,20-21,35H,8-9,12,15-16,19,22H2,1-2H3,(H,37,40);4-8,12-15,18-19,21-22,34H,9-11,16-17,20H2,1-3H3,(H,36,39);5-12,14H,3-4,13H2,1-2H3,(H,23,26). The van der Waals surface area contributed by atoms with Crippen LogP contribution in [0.3, 0.4) is 0 Å². The van der Waals surface area contributed by atoms with Gasteiger partial charge in [-0.2, -0.15) is 15.3 Å². The number of nitrogens with zero attached hydrogens (tertiary/aromatic N) is 7. The minimum absolute atomic E-state index is 0.0156. The van der Waals surface area contributed by atoms with Crippen molar-refractivity contribution in [2.75, 3.05) is 13.3 Å². The van der Waals surface area contributed by atoms with E-state index >= 15 is 0 Å². The van der Waals surface area contributed by atoms with Gasteiger partial charge in [-0.3, -0.25) is 24.0 Å². The number of aromatic nitrogens is 6. The van der Waals surface area contributed by atoms with Crippen molar-refractivity contribution in [1.82, 2.24) is 43.5 Å². The Bertz CT molecular complexity index is 5740. The van der Waals surface area contributed by atoms with Gasteiger partial charge in [-0.1, -0.05) is 138 Å². The van der Waals surface area contributed by atoms with E-state index in [-0.39, 0.29) is 89.9 Å². The number of amides is 3. The van der Waals surface area contributed by atoms with Crippen LogP contribution in [0.15, 0.2) is 227 Å². The number of Topliss-reactive ketones (excluding diaryl/α,β-unsaturated/α-hetero) is 2. The molecule has 0 atom stereocenters. The molecule has 11 aromatic rings. The van der Waals surface area contributed by atoms with Crippen LogP contribution in [0.2, 0.25) is 0 Å². The molecule has 0 saturated carbocycles. The topological polar surface area (TPSA) is 377 Å². The lowest BCUT2D eigenvalue weighted by molar-refractivity contribution is -0.757. The number of carbonyl (C=O) groups is 5. The van der Waals surface area contributed by atoms with E-state index in [2.05, 4.69) is 29.6 Å². The molecular formula is C87H93FN12O14S3. The van der Waals surface area contributed by atoms with Gasteiger partial charge < -0.3 is 15.7 Å². The highest BCUT2D eigenvalue weighted by Crippen LogP contribution is 2.30.